The zero-order chi connectivity index (χ0) is 11.1. The van der Waals surface area contributed by atoms with Gasteiger partial charge in [-0.05, 0) is 18.6 Å². The maximum absolute atomic E-state index is 11.4. The van der Waals surface area contributed by atoms with E-state index in [2.05, 4.69) is 14.5 Å². The summed E-state index contributed by atoms with van der Waals surface area (Å²) in [6, 6.07) is 7.12. The molecule has 0 N–H and O–H groups in total. The molecule has 1 aromatic rings. The molecule has 0 bridgehead atoms. The maximum atomic E-state index is 11.4. The number of ether oxygens (including phenoxy) is 1. The van der Waals surface area contributed by atoms with E-state index < -0.39 is 5.97 Å². The van der Waals surface area contributed by atoms with Crippen LogP contribution in [0.2, 0.25) is 0 Å². The molecule has 1 rings (SSSR count). The van der Waals surface area contributed by atoms with Crippen LogP contribution in [0, 0.1) is 13.5 Å². The van der Waals surface area contributed by atoms with E-state index in [0.29, 0.717) is 5.56 Å². The van der Waals surface area contributed by atoms with E-state index >= 15 is 0 Å². The quantitative estimate of drug-likeness (QED) is 0.422. The van der Waals surface area contributed by atoms with Gasteiger partial charge in [0.1, 0.15) is 0 Å². The lowest BCUT2D eigenvalue weighted by Gasteiger charge is -2.04. The molecule has 0 saturated carbocycles. The predicted molar refractivity (Wildman–Crippen MR) is 53.9 cm³/mol. The Bertz CT molecular complexity index is 322. The van der Waals surface area contributed by atoms with Gasteiger partial charge in [-0.15, -0.1) is 0 Å². The van der Waals surface area contributed by atoms with Crippen molar-refractivity contribution in [3.8, 4) is 0 Å². The van der Waals surface area contributed by atoms with Crippen LogP contribution in [-0.4, -0.2) is 19.7 Å². The highest BCUT2D eigenvalue weighted by Crippen LogP contribution is 2.08. The zero-order valence-corrected chi connectivity index (χ0v) is 8.73. The summed E-state index contributed by atoms with van der Waals surface area (Å²) in [5.74, 6) is -0.513. The van der Waals surface area contributed by atoms with Crippen LogP contribution in [0.25, 0.3) is 0 Å². The fraction of sp³-hybridized carbons (Fsp3) is 0.273. The molecule has 0 heterocycles. The molecule has 0 aliphatic heterocycles. The summed E-state index contributed by atoms with van der Waals surface area (Å²) in [5.41, 5.74) is 1.33. The minimum absolute atomic E-state index is 0.265. The third-order valence-corrected chi connectivity index (χ3v) is 1.79. The van der Waals surface area contributed by atoms with E-state index in [9.17, 15) is 4.79 Å². The molecule has 0 atom stereocenters. The Morgan fingerprint density at radius 3 is 2.80 bits per heavy atom. The van der Waals surface area contributed by atoms with E-state index in [1.54, 1.807) is 12.1 Å². The van der Waals surface area contributed by atoms with Gasteiger partial charge in [0.15, 0.2) is 6.61 Å². The molecule has 81 valence electrons. The fourth-order valence-corrected chi connectivity index (χ4v) is 1.02. The molecular weight excluding hydrogens is 196 g/mol. The van der Waals surface area contributed by atoms with Gasteiger partial charge < -0.3 is 4.74 Å². The maximum Gasteiger partial charge on any atom is 0.373 e. The van der Waals surface area contributed by atoms with Gasteiger partial charge >= 0.3 is 5.97 Å². The van der Waals surface area contributed by atoms with E-state index in [1.807, 2.05) is 19.1 Å². The van der Waals surface area contributed by atoms with Crippen molar-refractivity contribution < 1.29 is 19.3 Å². The van der Waals surface area contributed by atoms with Crippen molar-refractivity contribution in [2.45, 2.75) is 6.92 Å². The van der Waals surface area contributed by atoms with E-state index in [0.717, 1.165) is 5.56 Å². The van der Waals surface area contributed by atoms with Gasteiger partial charge in [-0.25, -0.2) is 4.79 Å². The average Bonchev–Trinajstić information content (AvgIpc) is 2.25. The van der Waals surface area contributed by atoms with Crippen LogP contribution < -0.4 is 0 Å². The smallest absolute Gasteiger partial charge is 0.373 e. The lowest BCUT2D eigenvalue weighted by atomic mass is 10.1. The molecule has 0 aliphatic rings. The third-order valence-electron chi connectivity index (χ3n) is 1.79. The van der Waals surface area contributed by atoms with Crippen LogP contribution in [0.15, 0.2) is 24.3 Å². The Labute approximate surface area is 88.7 Å². The molecule has 0 unspecified atom stereocenters. The van der Waals surface area contributed by atoms with Crippen LogP contribution in [0.5, 0.6) is 0 Å². The van der Waals surface area contributed by atoms with Gasteiger partial charge in [-0.2, -0.15) is 4.89 Å². The molecule has 0 aliphatic carbocycles. The molecule has 15 heavy (non-hydrogen) atoms. The van der Waals surface area contributed by atoms with E-state index in [1.165, 1.54) is 13.7 Å². The van der Waals surface area contributed by atoms with Crippen LogP contribution >= 0.6 is 0 Å². The molecule has 1 radical (unpaired) electrons. The summed E-state index contributed by atoms with van der Waals surface area (Å²) in [6.45, 7) is 3.35. The van der Waals surface area contributed by atoms with Crippen molar-refractivity contribution in [3.63, 3.8) is 0 Å². The van der Waals surface area contributed by atoms with Gasteiger partial charge in [-0.1, -0.05) is 18.2 Å². The SMILES string of the molecule is COC[CH]OOC(=O)c1ccccc1C. The first-order valence-corrected chi connectivity index (χ1v) is 4.49. The van der Waals surface area contributed by atoms with Crippen molar-refractivity contribution in [3.05, 3.63) is 42.0 Å². The molecular formula is C11H13O4. The van der Waals surface area contributed by atoms with Crippen molar-refractivity contribution >= 4 is 5.97 Å². The Morgan fingerprint density at radius 1 is 1.40 bits per heavy atom. The summed E-state index contributed by atoms with van der Waals surface area (Å²) < 4.78 is 4.68. The Kier molecular flexibility index (Phi) is 4.80. The third kappa shape index (κ3) is 3.69. The van der Waals surface area contributed by atoms with Crippen LogP contribution in [0.1, 0.15) is 15.9 Å². The van der Waals surface area contributed by atoms with Crippen molar-refractivity contribution in [1.82, 2.24) is 0 Å². The normalized spacial score (nSPS) is 10.0. The summed E-state index contributed by atoms with van der Waals surface area (Å²) >= 11 is 0. The number of aryl methyl sites for hydroxylation is 1. The molecule has 0 amide bonds. The standard InChI is InChI=1S/C11H13O4/c1-9-5-3-4-6-10(9)11(12)15-14-8-7-13-2/h3-6,8H,7H2,1-2H3. The number of hydrogen-bond acceptors (Lipinski definition) is 4. The predicted octanol–water partition coefficient (Wildman–Crippen LogP) is 1.89. The van der Waals surface area contributed by atoms with E-state index in [-0.39, 0.29) is 6.61 Å². The van der Waals surface area contributed by atoms with Crippen LogP contribution in [0.3, 0.4) is 0 Å². The van der Waals surface area contributed by atoms with Gasteiger partial charge in [0, 0.05) is 7.11 Å². The topological polar surface area (TPSA) is 44.8 Å². The monoisotopic (exact) mass is 209 g/mol. The summed E-state index contributed by atoms with van der Waals surface area (Å²) in [5, 5.41) is 0. The Morgan fingerprint density at radius 2 is 2.13 bits per heavy atom. The molecule has 0 saturated heterocycles. The fourth-order valence-electron chi connectivity index (χ4n) is 1.02. The number of carbonyl (C=O) groups is 1. The number of methoxy groups -OCH3 is 1. The van der Waals surface area contributed by atoms with Gasteiger partial charge in [-0.3, -0.25) is 4.89 Å². The van der Waals surface area contributed by atoms with E-state index in [4.69, 9.17) is 0 Å². The zero-order valence-electron chi connectivity index (χ0n) is 8.73. The minimum atomic E-state index is -0.513. The van der Waals surface area contributed by atoms with Crippen LogP contribution in [-0.2, 0) is 14.5 Å². The van der Waals surface area contributed by atoms with Crippen molar-refractivity contribution in [2.75, 3.05) is 13.7 Å². The van der Waals surface area contributed by atoms with Crippen LogP contribution in [0.4, 0.5) is 0 Å². The first-order chi connectivity index (χ1) is 7.25. The number of rotatable bonds is 5. The molecule has 0 spiro atoms. The minimum Gasteiger partial charge on any atom is -0.382 e. The average molecular weight is 209 g/mol. The largest absolute Gasteiger partial charge is 0.382 e. The summed E-state index contributed by atoms with van der Waals surface area (Å²) in [6.07, 6.45) is 0. The second kappa shape index (κ2) is 6.16. The molecule has 1 aromatic carbocycles. The molecule has 4 nitrogen and oxygen atoms in total. The lowest BCUT2D eigenvalue weighted by molar-refractivity contribution is -0.217. The Balaban J connectivity index is 2.44. The number of benzene rings is 1. The molecule has 0 aromatic heterocycles. The summed E-state index contributed by atoms with van der Waals surface area (Å²) in [7, 11) is 1.52. The molecule has 0 fully saturated rings. The second-order valence-corrected chi connectivity index (χ2v) is 2.90. The van der Waals surface area contributed by atoms with Gasteiger partial charge in [0.25, 0.3) is 0 Å². The highest BCUT2D eigenvalue weighted by Gasteiger charge is 2.10. The van der Waals surface area contributed by atoms with Crippen molar-refractivity contribution in [2.24, 2.45) is 0 Å². The Hall–Kier alpha value is -1.39. The van der Waals surface area contributed by atoms with Crippen molar-refractivity contribution in [1.29, 1.82) is 0 Å². The van der Waals surface area contributed by atoms with Gasteiger partial charge in [0.05, 0.1) is 12.2 Å². The highest BCUT2D eigenvalue weighted by atomic mass is 17.2. The first-order valence-electron chi connectivity index (χ1n) is 4.49. The highest BCUT2D eigenvalue weighted by molar-refractivity contribution is 5.90. The van der Waals surface area contributed by atoms with Gasteiger partial charge in [0.2, 0.25) is 0 Å². The first kappa shape index (κ1) is 11.7. The number of carbonyl (C=O) groups excluding carboxylic acids is 1. The number of hydrogen-bond donors (Lipinski definition) is 0. The molecule has 4 heteroatoms. The summed E-state index contributed by atoms with van der Waals surface area (Å²) in [4.78, 5) is 20.5. The second-order valence-electron chi connectivity index (χ2n) is 2.90. The lowest BCUT2D eigenvalue weighted by Crippen LogP contribution is -2.07.